The van der Waals surface area contributed by atoms with E-state index in [1.807, 2.05) is 13.8 Å². The van der Waals surface area contributed by atoms with Crippen molar-refractivity contribution in [2.75, 3.05) is 6.61 Å². The molecule has 0 aliphatic carbocycles. The Bertz CT molecular complexity index is 1200. The molecule has 2 aliphatic rings. The van der Waals surface area contributed by atoms with Gasteiger partial charge in [-0.05, 0) is 54.5 Å². The number of benzene rings is 2. The Morgan fingerprint density at radius 1 is 0.946 bits per heavy atom. The Hall–Kier alpha value is -2.54. The molecular formula is C31H41N3O2Si. The number of nitrogens with one attached hydrogen (secondary N) is 1. The molecule has 0 radical (unpaired) electrons. The molecule has 6 heteroatoms. The highest BCUT2D eigenvalue weighted by molar-refractivity contribution is 7.03. The van der Waals surface area contributed by atoms with Crippen molar-refractivity contribution in [2.24, 2.45) is 11.8 Å². The van der Waals surface area contributed by atoms with Gasteiger partial charge in [-0.25, -0.2) is 9.97 Å². The van der Waals surface area contributed by atoms with Crippen LogP contribution in [0.3, 0.4) is 0 Å². The summed E-state index contributed by atoms with van der Waals surface area (Å²) in [4.78, 5) is 9.33. The summed E-state index contributed by atoms with van der Waals surface area (Å²) >= 11 is 0. The number of piperidine rings is 1. The zero-order chi connectivity index (χ0) is 26.2. The minimum Gasteiger partial charge on any atom is -0.488 e. The van der Waals surface area contributed by atoms with E-state index in [0.29, 0.717) is 18.4 Å². The summed E-state index contributed by atoms with van der Waals surface area (Å²) in [5, 5.41) is 6.70. The van der Waals surface area contributed by atoms with E-state index in [9.17, 15) is 0 Å². The minimum absolute atomic E-state index is 0.00169. The highest BCUT2D eigenvalue weighted by atomic mass is 28.4. The molecule has 0 bridgehead atoms. The molecule has 3 heterocycles. The van der Waals surface area contributed by atoms with Crippen molar-refractivity contribution in [2.45, 2.75) is 77.6 Å². The van der Waals surface area contributed by atoms with Crippen molar-refractivity contribution >= 4 is 18.7 Å². The summed E-state index contributed by atoms with van der Waals surface area (Å²) in [6.07, 6.45) is 5.87. The predicted molar refractivity (Wildman–Crippen MR) is 152 cm³/mol. The van der Waals surface area contributed by atoms with Gasteiger partial charge in [0, 0.05) is 11.1 Å². The van der Waals surface area contributed by atoms with Gasteiger partial charge in [0.1, 0.15) is 5.82 Å². The van der Waals surface area contributed by atoms with E-state index in [4.69, 9.17) is 9.16 Å². The fraction of sp³-hybridized carbons (Fsp3) is 0.484. The Morgan fingerprint density at radius 3 is 2.30 bits per heavy atom. The van der Waals surface area contributed by atoms with Crippen LogP contribution in [-0.2, 0) is 9.46 Å². The molecule has 2 aliphatic heterocycles. The normalized spacial score (nSPS) is 26.5. The van der Waals surface area contributed by atoms with Gasteiger partial charge in [-0.3, -0.25) is 0 Å². The van der Waals surface area contributed by atoms with Crippen LogP contribution < -0.4 is 20.4 Å². The third-order valence-electron chi connectivity index (χ3n) is 8.43. The first-order chi connectivity index (χ1) is 17.7. The van der Waals surface area contributed by atoms with Crippen molar-refractivity contribution < 1.29 is 9.16 Å². The molecule has 2 aromatic carbocycles. The van der Waals surface area contributed by atoms with Gasteiger partial charge >= 0.3 is 0 Å². The fourth-order valence-corrected chi connectivity index (χ4v) is 11.6. The Kier molecular flexibility index (Phi) is 7.27. The van der Waals surface area contributed by atoms with Crippen LogP contribution in [0.4, 0.5) is 0 Å². The zero-order valence-electron chi connectivity index (χ0n) is 23.1. The molecule has 0 amide bonds. The van der Waals surface area contributed by atoms with Crippen LogP contribution in [-0.4, -0.2) is 37.0 Å². The summed E-state index contributed by atoms with van der Waals surface area (Å²) in [5.41, 5.74) is 1.43. The van der Waals surface area contributed by atoms with Crippen LogP contribution in [0, 0.1) is 11.8 Å². The van der Waals surface area contributed by atoms with E-state index in [1.54, 1.807) is 12.4 Å². The maximum Gasteiger partial charge on any atom is 0.266 e. The van der Waals surface area contributed by atoms with E-state index in [2.05, 4.69) is 97.6 Å². The number of rotatable bonds is 8. The molecule has 3 aromatic rings. The molecule has 1 N–H and O–H groups in total. The number of aromatic nitrogens is 2. The highest BCUT2D eigenvalue weighted by Crippen LogP contribution is 2.43. The lowest BCUT2D eigenvalue weighted by atomic mass is 9.80. The SMILES string of the molecule is CC(C)Oc1cnc(C2CCC(C(C)C)C(CO[Si]3(c4ccccc4)c4ccccc4C3(C)C)N2)nc1. The van der Waals surface area contributed by atoms with E-state index in [0.717, 1.165) is 24.4 Å². The molecule has 4 unspecified atom stereocenters. The van der Waals surface area contributed by atoms with Gasteiger partial charge in [0.15, 0.2) is 5.75 Å². The number of nitrogens with zero attached hydrogens (tertiary/aromatic N) is 2. The molecule has 4 atom stereocenters. The number of ether oxygens (including phenoxy) is 1. The van der Waals surface area contributed by atoms with Gasteiger partial charge in [-0.2, -0.15) is 0 Å². The molecular weight excluding hydrogens is 474 g/mol. The smallest absolute Gasteiger partial charge is 0.266 e. The summed E-state index contributed by atoms with van der Waals surface area (Å²) in [6.45, 7) is 14.1. The van der Waals surface area contributed by atoms with Gasteiger partial charge in [0.2, 0.25) is 0 Å². The first kappa shape index (κ1) is 26.1. The van der Waals surface area contributed by atoms with Crippen LogP contribution in [0.25, 0.3) is 0 Å². The topological polar surface area (TPSA) is 56.3 Å². The quantitative estimate of drug-likeness (QED) is 0.431. The van der Waals surface area contributed by atoms with Crippen molar-refractivity contribution in [3.8, 4) is 5.75 Å². The number of fused-ring (bicyclic) bond motifs is 1. The molecule has 5 rings (SSSR count). The lowest BCUT2D eigenvalue weighted by Gasteiger charge is -2.55. The molecule has 1 aromatic heterocycles. The Morgan fingerprint density at radius 2 is 1.62 bits per heavy atom. The zero-order valence-corrected chi connectivity index (χ0v) is 24.1. The second-order valence-corrected chi connectivity index (χ2v) is 15.8. The van der Waals surface area contributed by atoms with Crippen molar-refractivity contribution in [3.63, 3.8) is 0 Å². The van der Waals surface area contributed by atoms with Gasteiger partial charge in [-0.15, -0.1) is 0 Å². The summed E-state index contributed by atoms with van der Waals surface area (Å²) in [6, 6.07) is 20.2. The largest absolute Gasteiger partial charge is 0.488 e. The van der Waals surface area contributed by atoms with Crippen LogP contribution in [0.5, 0.6) is 5.75 Å². The first-order valence-corrected chi connectivity index (χ1v) is 15.7. The molecule has 0 spiro atoms. The van der Waals surface area contributed by atoms with Crippen molar-refractivity contribution in [3.05, 3.63) is 78.4 Å². The average molecular weight is 516 g/mol. The second-order valence-electron chi connectivity index (χ2n) is 11.8. The molecule has 0 saturated carbocycles. The van der Waals surface area contributed by atoms with Crippen LogP contribution in [0.2, 0.25) is 0 Å². The molecule has 37 heavy (non-hydrogen) atoms. The van der Waals surface area contributed by atoms with Crippen LogP contribution in [0.1, 0.15) is 71.8 Å². The lowest BCUT2D eigenvalue weighted by molar-refractivity contribution is 0.121. The maximum absolute atomic E-state index is 7.28. The minimum atomic E-state index is -2.43. The lowest BCUT2D eigenvalue weighted by Crippen LogP contribution is -2.81. The molecule has 1 saturated heterocycles. The van der Waals surface area contributed by atoms with E-state index < -0.39 is 8.32 Å². The van der Waals surface area contributed by atoms with Crippen molar-refractivity contribution in [1.29, 1.82) is 0 Å². The summed E-state index contributed by atoms with van der Waals surface area (Å²) in [7, 11) is -2.43. The summed E-state index contributed by atoms with van der Waals surface area (Å²) < 4.78 is 13.0. The van der Waals surface area contributed by atoms with Gasteiger partial charge < -0.3 is 14.5 Å². The van der Waals surface area contributed by atoms with Crippen LogP contribution >= 0.6 is 0 Å². The Labute approximate surface area is 223 Å². The van der Waals surface area contributed by atoms with Gasteiger partial charge in [0.05, 0.1) is 31.1 Å². The number of hydrogen-bond donors (Lipinski definition) is 1. The Balaban J connectivity index is 1.41. The fourth-order valence-electron chi connectivity index (χ4n) is 6.58. The van der Waals surface area contributed by atoms with E-state index >= 15 is 0 Å². The molecule has 5 nitrogen and oxygen atoms in total. The van der Waals surface area contributed by atoms with Gasteiger partial charge in [-0.1, -0.05) is 82.3 Å². The van der Waals surface area contributed by atoms with Gasteiger partial charge in [0.25, 0.3) is 8.32 Å². The second kappa shape index (κ2) is 10.3. The highest BCUT2D eigenvalue weighted by Gasteiger charge is 2.63. The monoisotopic (exact) mass is 515 g/mol. The van der Waals surface area contributed by atoms with E-state index in [1.165, 1.54) is 15.9 Å². The van der Waals surface area contributed by atoms with Crippen molar-refractivity contribution in [1.82, 2.24) is 15.3 Å². The predicted octanol–water partition coefficient (Wildman–Crippen LogP) is 4.94. The number of hydrogen-bond acceptors (Lipinski definition) is 5. The van der Waals surface area contributed by atoms with Crippen LogP contribution in [0.15, 0.2) is 67.0 Å². The maximum atomic E-state index is 7.28. The van der Waals surface area contributed by atoms with E-state index in [-0.39, 0.29) is 23.2 Å². The third-order valence-corrected chi connectivity index (χ3v) is 13.4. The molecule has 1 fully saturated rings. The standard InChI is InChI=1S/C31H41N3O2Si/c1-21(2)25-16-17-27(30-32-18-23(19-33-30)36-22(3)4)34-28(25)20-35-37(24-12-8-7-9-13-24)29-15-11-10-14-26(29)31(37,5)6/h7-15,18-19,21-22,25,27-28,34H,16-17,20H2,1-6H3. The third kappa shape index (κ3) is 4.64. The first-order valence-electron chi connectivity index (χ1n) is 13.8. The average Bonchev–Trinajstić information content (AvgIpc) is 2.89. The summed E-state index contributed by atoms with van der Waals surface area (Å²) in [5.74, 6) is 2.67. The molecule has 196 valence electrons.